The van der Waals surface area contributed by atoms with Crippen molar-refractivity contribution in [3.8, 4) is 0 Å². The molecule has 2 heterocycles. The molecule has 1 aromatic heterocycles. The fourth-order valence-electron chi connectivity index (χ4n) is 2.37. The van der Waals surface area contributed by atoms with Crippen LogP contribution in [-0.2, 0) is 9.59 Å². The van der Waals surface area contributed by atoms with Gasteiger partial charge >= 0.3 is 0 Å². The summed E-state index contributed by atoms with van der Waals surface area (Å²) in [6, 6.07) is 4.64. The number of carbonyl (C=O) groups is 2. The molecule has 0 saturated carbocycles. The minimum absolute atomic E-state index is 0.148. The summed E-state index contributed by atoms with van der Waals surface area (Å²) in [5.74, 6) is -0.595. The maximum atomic E-state index is 11.7. The van der Waals surface area contributed by atoms with Crippen molar-refractivity contribution in [1.29, 1.82) is 0 Å². The number of piperazine rings is 1. The number of hydrogen-bond donors (Lipinski definition) is 2. The Kier molecular flexibility index (Phi) is 3.92. The molecule has 3 unspecified atom stereocenters. The first-order chi connectivity index (χ1) is 9.00. The quantitative estimate of drug-likeness (QED) is 0.738. The van der Waals surface area contributed by atoms with Gasteiger partial charge in [-0.15, -0.1) is 0 Å². The van der Waals surface area contributed by atoms with Crippen molar-refractivity contribution in [1.82, 2.24) is 15.2 Å². The van der Waals surface area contributed by atoms with Crippen LogP contribution < -0.4 is 11.1 Å². The molecule has 0 aromatic carbocycles. The van der Waals surface area contributed by atoms with E-state index in [0.29, 0.717) is 0 Å². The Morgan fingerprint density at radius 1 is 1.47 bits per heavy atom. The fraction of sp³-hybridized carbons (Fsp3) is 0.462. The highest BCUT2D eigenvalue weighted by molar-refractivity contribution is 6.00. The molecule has 0 spiro atoms. The number of nitrogens with two attached hydrogens (primary N) is 1. The van der Waals surface area contributed by atoms with E-state index in [1.165, 1.54) is 0 Å². The van der Waals surface area contributed by atoms with Gasteiger partial charge in [0.2, 0.25) is 11.8 Å². The van der Waals surface area contributed by atoms with E-state index < -0.39 is 6.04 Å². The van der Waals surface area contributed by atoms with Crippen LogP contribution in [-0.4, -0.2) is 40.3 Å². The highest BCUT2D eigenvalue weighted by atomic mass is 16.2. The third-order valence-corrected chi connectivity index (χ3v) is 3.31. The van der Waals surface area contributed by atoms with Crippen molar-refractivity contribution in [2.24, 2.45) is 5.73 Å². The number of nitrogens with one attached hydrogen (secondary N) is 1. The van der Waals surface area contributed by atoms with Crippen molar-refractivity contribution >= 4 is 11.8 Å². The van der Waals surface area contributed by atoms with Crippen LogP contribution in [0.3, 0.4) is 0 Å². The molecule has 3 N–H and O–H groups in total. The summed E-state index contributed by atoms with van der Waals surface area (Å²) in [5.41, 5.74) is 6.80. The highest BCUT2D eigenvalue weighted by Gasteiger charge is 2.37. The first-order valence-corrected chi connectivity index (χ1v) is 6.26. The van der Waals surface area contributed by atoms with Crippen molar-refractivity contribution in [2.75, 3.05) is 6.54 Å². The van der Waals surface area contributed by atoms with Crippen LogP contribution in [0.2, 0.25) is 0 Å². The van der Waals surface area contributed by atoms with Crippen LogP contribution in [0.4, 0.5) is 0 Å². The Labute approximate surface area is 112 Å². The summed E-state index contributed by atoms with van der Waals surface area (Å²) in [6.45, 7) is 3.76. The lowest BCUT2D eigenvalue weighted by Gasteiger charge is -2.39. The number of carbonyl (C=O) groups excluding carboxylic acids is 2. The van der Waals surface area contributed by atoms with E-state index >= 15 is 0 Å². The molecule has 102 valence electrons. The van der Waals surface area contributed by atoms with E-state index in [1.807, 2.05) is 25.1 Å². The molecule has 1 fully saturated rings. The number of amides is 2. The van der Waals surface area contributed by atoms with Crippen molar-refractivity contribution in [3.05, 3.63) is 30.1 Å². The Morgan fingerprint density at radius 2 is 2.21 bits per heavy atom. The predicted molar refractivity (Wildman–Crippen MR) is 69.9 cm³/mol. The molecule has 0 radical (unpaired) electrons. The van der Waals surface area contributed by atoms with Crippen LogP contribution in [0, 0.1) is 0 Å². The molecule has 0 bridgehead atoms. The number of imide groups is 1. The number of aromatic nitrogens is 1. The Hall–Kier alpha value is -1.79. The summed E-state index contributed by atoms with van der Waals surface area (Å²) in [7, 11) is 0. The molecule has 0 aliphatic carbocycles. The number of pyridine rings is 1. The molecular weight excluding hydrogens is 244 g/mol. The minimum Gasteiger partial charge on any atom is -0.326 e. The van der Waals surface area contributed by atoms with Crippen LogP contribution in [0.15, 0.2) is 24.4 Å². The van der Waals surface area contributed by atoms with Crippen molar-refractivity contribution in [3.63, 3.8) is 0 Å². The lowest BCUT2D eigenvalue weighted by molar-refractivity contribution is -0.141. The SMILES string of the molecule is CC(N)C(c1ccccn1)N1CC(=O)NC(=O)C1C. The van der Waals surface area contributed by atoms with Crippen molar-refractivity contribution < 1.29 is 9.59 Å². The predicted octanol–water partition coefficient (Wildman–Crippen LogP) is -0.183. The molecule has 2 amide bonds. The van der Waals surface area contributed by atoms with Gasteiger partial charge in [-0.2, -0.15) is 0 Å². The monoisotopic (exact) mass is 262 g/mol. The summed E-state index contributed by atoms with van der Waals surface area (Å²) in [6.07, 6.45) is 1.68. The van der Waals surface area contributed by atoms with Gasteiger partial charge in [0.25, 0.3) is 0 Å². The zero-order chi connectivity index (χ0) is 14.0. The lowest BCUT2D eigenvalue weighted by Crippen LogP contribution is -2.59. The minimum atomic E-state index is -0.407. The highest BCUT2D eigenvalue weighted by Crippen LogP contribution is 2.25. The average Bonchev–Trinajstić information content (AvgIpc) is 2.36. The Morgan fingerprint density at radius 3 is 2.79 bits per heavy atom. The molecule has 1 aliphatic rings. The Bertz CT molecular complexity index is 475. The molecule has 3 atom stereocenters. The van der Waals surface area contributed by atoms with Crippen LogP contribution in [0.1, 0.15) is 25.6 Å². The first kappa shape index (κ1) is 13.6. The normalized spacial score (nSPS) is 23.8. The molecule has 1 saturated heterocycles. The number of hydrogen-bond acceptors (Lipinski definition) is 5. The van der Waals surface area contributed by atoms with E-state index in [9.17, 15) is 9.59 Å². The van der Waals surface area contributed by atoms with E-state index in [2.05, 4.69) is 10.3 Å². The third kappa shape index (κ3) is 2.80. The number of rotatable bonds is 3. The van der Waals surface area contributed by atoms with Gasteiger partial charge in [0.05, 0.1) is 24.3 Å². The maximum absolute atomic E-state index is 11.7. The molecule has 6 heteroatoms. The van der Waals surface area contributed by atoms with Gasteiger partial charge in [-0.1, -0.05) is 6.07 Å². The third-order valence-electron chi connectivity index (χ3n) is 3.31. The zero-order valence-corrected chi connectivity index (χ0v) is 11.0. The van der Waals surface area contributed by atoms with Gasteiger partial charge in [-0.05, 0) is 26.0 Å². The molecule has 1 aliphatic heterocycles. The fourth-order valence-corrected chi connectivity index (χ4v) is 2.37. The largest absolute Gasteiger partial charge is 0.326 e. The number of nitrogens with zero attached hydrogens (tertiary/aromatic N) is 2. The van der Waals surface area contributed by atoms with E-state index in [0.717, 1.165) is 5.69 Å². The standard InChI is InChI=1S/C13H18N4O2/c1-8(14)12(10-5-3-4-6-15-10)17-7-11(18)16-13(19)9(17)2/h3-6,8-9,12H,7,14H2,1-2H3,(H,16,18,19). The van der Waals surface area contributed by atoms with Gasteiger partial charge in [0, 0.05) is 12.2 Å². The van der Waals surface area contributed by atoms with Crippen LogP contribution >= 0.6 is 0 Å². The second-order valence-corrected chi connectivity index (χ2v) is 4.82. The summed E-state index contributed by atoms with van der Waals surface area (Å²) in [4.78, 5) is 29.4. The lowest BCUT2D eigenvalue weighted by atomic mass is 10.0. The maximum Gasteiger partial charge on any atom is 0.243 e. The van der Waals surface area contributed by atoms with E-state index in [4.69, 9.17) is 5.73 Å². The van der Waals surface area contributed by atoms with Gasteiger partial charge in [0.1, 0.15) is 0 Å². The van der Waals surface area contributed by atoms with Crippen molar-refractivity contribution in [2.45, 2.75) is 32.0 Å². The molecule has 6 nitrogen and oxygen atoms in total. The molecular formula is C13H18N4O2. The summed E-state index contributed by atoms with van der Waals surface area (Å²) < 4.78 is 0. The van der Waals surface area contributed by atoms with Gasteiger partial charge < -0.3 is 5.73 Å². The van der Waals surface area contributed by atoms with Crippen LogP contribution in [0.25, 0.3) is 0 Å². The van der Waals surface area contributed by atoms with Gasteiger partial charge in [0.15, 0.2) is 0 Å². The zero-order valence-electron chi connectivity index (χ0n) is 11.0. The van der Waals surface area contributed by atoms with Gasteiger partial charge in [-0.25, -0.2) is 0 Å². The van der Waals surface area contributed by atoms with E-state index in [-0.39, 0.29) is 30.4 Å². The first-order valence-electron chi connectivity index (χ1n) is 6.26. The van der Waals surface area contributed by atoms with Gasteiger partial charge in [-0.3, -0.25) is 24.8 Å². The average molecular weight is 262 g/mol. The summed E-state index contributed by atoms with van der Waals surface area (Å²) >= 11 is 0. The second-order valence-electron chi connectivity index (χ2n) is 4.82. The summed E-state index contributed by atoms with van der Waals surface area (Å²) in [5, 5.41) is 2.32. The topological polar surface area (TPSA) is 88.3 Å². The van der Waals surface area contributed by atoms with Crippen LogP contribution in [0.5, 0.6) is 0 Å². The smallest absolute Gasteiger partial charge is 0.243 e. The molecule has 1 aromatic rings. The molecule has 2 rings (SSSR count). The molecule has 19 heavy (non-hydrogen) atoms. The van der Waals surface area contributed by atoms with E-state index in [1.54, 1.807) is 18.0 Å². The second kappa shape index (κ2) is 5.46. The Balaban J connectivity index is 2.33.